The minimum Gasteiger partial charge on any atom is -0.492 e. The zero-order valence-electron chi connectivity index (χ0n) is 11.2. The number of hydrogen-bond acceptors (Lipinski definition) is 2. The van der Waals surface area contributed by atoms with Gasteiger partial charge in [-0.2, -0.15) is 0 Å². The van der Waals surface area contributed by atoms with Gasteiger partial charge in [0.15, 0.2) is 0 Å². The number of ether oxygens (including phenoxy) is 1. The summed E-state index contributed by atoms with van der Waals surface area (Å²) in [5.74, 6) is 5.84. The summed E-state index contributed by atoms with van der Waals surface area (Å²) in [6.07, 6.45) is 7.60. The van der Waals surface area contributed by atoms with Crippen molar-refractivity contribution in [1.29, 1.82) is 0 Å². The van der Waals surface area contributed by atoms with Crippen LogP contribution in [0.4, 0.5) is 0 Å². The van der Waals surface area contributed by atoms with E-state index in [1.54, 1.807) is 25.1 Å². The lowest BCUT2D eigenvalue weighted by molar-refractivity contribution is 0.241. The molecular weight excluding hydrogens is 338 g/mol. The molecule has 2 nitrogen and oxygen atoms in total. The van der Waals surface area contributed by atoms with Crippen molar-refractivity contribution in [3.63, 3.8) is 0 Å². The van der Waals surface area contributed by atoms with Crippen LogP contribution in [0, 0.1) is 35.0 Å². The van der Waals surface area contributed by atoms with Gasteiger partial charge in [-0.05, 0) is 76.6 Å². The molecule has 0 aromatic carbocycles. The minimum absolute atomic E-state index is 0.493. The quantitative estimate of drug-likeness (QED) is 0.742. The Labute approximate surface area is 132 Å². The van der Waals surface area contributed by atoms with Crippen LogP contribution in [-0.4, -0.2) is 11.6 Å². The average molecular weight is 355 g/mol. The van der Waals surface area contributed by atoms with Gasteiger partial charge in [-0.1, -0.05) is 11.6 Å². The molecule has 4 atom stereocenters. The first kappa shape index (κ1) is 12.3. The molecule has 0 radical (unpaired) electrons. The predicted molar refractivity (Wildman–Crippen MR) is 80.8 cm³/mol. The van der Waals surface area contributed by atoms with Crippen molar-refractivity contribution in [3.05, 3.63) is 21.9 Å². The summed E-state index contributed by atoms with van der Waals surface area (Å²) in [7, 11) is 0. The van der Waals surface area contributed by atoms with Crippen LogP contribution in [-0.2, 0) is 0 Å². The number of fused-ring (bicyclic) bond motifs is 3. The van der Waals surface area contributed by atoms with E-state index in [2.05, 4.69) is 20.9 Å². The molecule has 0 saturated heterocycles. The van der Waals surface area contributed by atoms with E-state index in [-0.39, 0.29) is 0 Å². The molecule has 4 unspecified atom stereocenters. The van der Waals surface area contributed by atoms with E-state index in [1.807, 2.05) is 0 Å². The second-order valence-electron chi connectivity index (χ2n) is 7.27. The maximum atomic E-state index is 5.99. The van der Waals surface area contributed by atoms with Gasteiger partial charge in [0, 0.05) is 12.3 Å². The first-order chi connectivity index (χ1) is 9.67. The van der Waals surface area contributed by atoms with E-state index < -0.39 is 0 Å². The monoisotopic (exact) mass is 353 g/mol. The zero-order valence-corrected chi connectivity index (χ0v) is 13.5. The summed E-state index contributed by atoms with van der Waals surface area (Å²) in [4.78, 5) is 4.03. The van der Waals surface area contributed by atoms with Crippen molar-refractivity contribution < 1.29 is 4.74 Å². The summed E-state index contributed by atoms with van der Waals surface area (Å²) in [5.41, 5.74) is 0.892. The third-order valence-electron chi connectivity index (χ3n) is 6.41. The second-order valence-corrected chi connectivity index (χ2v) is 8.51. The molecule has 4 aliphatic carbocycles. The van der Waals surface area contributed by atoms with E-state index in [4.69, 9.17) is 16.3 Å². The van der Waals surface area contributed by atoms with Gasteiger partial charge in [0.2, 0.25) is 0 Å². The Morgan fingerprint density at radius 2 is 2.00 bits per heavy atom. The fourth-order valence-corrected chi connectivity index (χ4v) is 5.99. The van der Waals surface area contributed by atoms with Crippen molar-refractivity contribution in [2.24, 2.45) is 35.0 Å². The van der Waals surface area contributed by atoms with Crippen LogP contribution in [0.15, 0.2) is 16.7 Å². The number of pyridine rings is 1. The van der Waals surface area contributed by atoms with Crippen LogP contribution < -0.4 is 4.74 Å². The lowest BCUT2D eigenvalue weighted by Gasteiger charge is -2.13. The van der Waals surface area contributed by atoms with Crippen LogP contribution in [0.3, 0.4) is 0 Å². The van der Waals surface area contributed by atoms with Gasteiger partial charge in [-0.3, -0.25) is 0 Å². The van der Waals surface area contributed by atoms with E-state index in [0.717, 1.165) is 51.8 Å². The maximum absolute atomic E-state index is 5.99. The predicted octanol–water partition coefficient (Wildman–Crippen LogP) is 4.56. The highest BCUT2D eigenvalue weighted by Gasteiger charge is 2.80. The molecule has 106 valence electrons. The lowest BCUT2D eigenvalue weighted by atomic mass is 9.92. The molecule has 1 aromatic rings. The van der Waals surface area contributed by atoms with Gasteiger partial charge >= 0.3 is 0 Å². The highest BCUT2D eigenvalue weighted by molar-refractivity contribution is 9.10. The molecule has 0 bridgehead atoms. The molecule has 0 aliphatic heterocycles. The second kappa shape index (κ2) is 3.92. The maximum Gasteiger partial charge on any atom is 0.138 e. The highest BCUT2D eigenvalue weighted by Crippen LogP contribution is 2.87. The SMILES string of the molecule is Clc1cc(OCC2CC3C(C2)C2CC24CC34)c(Br)cn1. The van der Waals surface area contributed by atoms with Crippen molar-refractivity contribution in [1.82, 2.24) is 4.98 Å². The van der Waals surface area contributed by atoms with Gasteiger partial charge < -0.3 is 4.74 Å². The molecule has 4 saturated carbocycles. The molecule has 1 aromatic heterocycles. The van der Waals surface area contributed by atoms with Crippen LogP contribution in [0.2, 0.25) is 5.15 Å². The number of rotatable bonds is 3. The van der Waals surface area contributed by atoms with E-state index in [0.29, 0.717) is 5.15 Å². The number of nitrogens with zero attached hydrogens (tertiary/aromatic N) is 1. The number of halogens is 2. The molecular formula is C16H17BrClNO. The Bertz CT molecular complexity index is 568. The standard InChI is InChI=1S/C16H17BrClNO/c17-13-6-19-15(18)3-14(13)20-7-8-1-9-10(2-8)12-5-16(12)4-11(9)16/h3,6,8-12H,1-2,4-5,7H2. The summed E-state index contributed by atoms with van der Waals surface area (Å²) >= 11 is 9.40. The van der Waals surface area contributed by atoms with E-state index in [9.17, 15) is 0 Å². The number of hydrogen-bond donors (Lipinski definition) is 0. The molecule has 0 amide bonds. The van der Waals surface area contributed by atoms with Gasteiger partial charge in [-0.15, -0.1) is 0 Å². The molecule has 20 heavy (non-hydrogen) atoms. The van der Waals surface area contributed by atoms with Crippen molar-refractivity contribution in [3.8, 4) is 5.75 Å². The fourth-order valence-electron chi connectivity index (χ4n) is 5.51. The summed E-state index contributed by atoms with van der Waals surface area (Å²) in [6, 6.07) is 1.80. The summed E-state index contributed by atoms with van der Waals surface area (Å²) in [5, 5.41) is 0.493. The zero-order chi connectivity index (χ0) is 13.5. The third kappa shape index (κ3) is 1.60. The highest BCUT2D eigenvalue weighted by atomic mass is 79.9. The van der Waals surface area contributed by atoms with Gasteiger partial charge in [0.05, 0.1) is 11.1 Å². The first-order valence-corrected chi connectivity index (χ1v) is 8.78. The number of aromatic nitrogens is 1. The Morgan fingerprint density at radius 3 is 2.70 bits per heavy atom. The van der Waals surface area contributed by atoms with Crippen LogP contribution in [0.5, 0.6) is 5.75 Å². The molecule has 5 rings (SSSR count). The van der Waals surface area contributed by atoms with Crippen molar-refractivity contribution in [2.45, 2.75) is 25.7 Å². The van der Waals surface area contributed by atoms with Gasteiger partial charge in [0.1, 0.15) is 10.9 Å². The van der Waals surface area contributed by atoms with E-state index in [1.165, 1.54) is 12.8 Å². The van der Waals surface area contributed by atoms with E-state index >= 15 is 0 Å². The Morgan fingerprint density at radius 1 is 1.30 bits per heavy atom. The van der Waals surface area contributed by atoms with Gasteiger partial charge in [0.25, 0.3) is 0 Å². The average Bonchev–Trinajstić information content (AvgIpc) is 3.27. The Hall–Kier alpha value is -0.280. The third-order valence-corrected chi connectivity index (χ3v) is 7.21. The largest absolute Gasteiger partial charge is 0.492 e. The molecule has 4 aliphatic rings. The molecule has 1 spiro atoms. The smallest absolute Gasteiger partial charge is 0.138 e. The summed E-state index contributed by atoms with van der Waals surface area (Å²) < 4.78 is 6.88. The first-order valence-electron chi connectivity index (χ1n) is 7.61. The fraction of sp³-hybridized carbons (Fsp3) is 0.688. The normalized spacial score (nSPS) is 46.6. The minimum atomic E-state index is 0.493. The van der Waals surface area contributed by atoms with Gasteiger partial charge in [-0.25, -0.2) is 4.98 Å². The topological polar surface area (TPSA) is 22.1 Å². The Balaban J connectivity index is 1.24. The van der Waals surface area contributed by atoms with Crippen LogP contribution in [0.25, 0.3) is 0 Å². The molecule has 4 heteroatoms. The lowest BCUT2D eigenvalue weighted by Crippen LogP contribution is -2.10. The van der Waals surface area contributed by atoms with Crippen molar-refractivity contribution in [2.75, 3.05) is 6.61 Å². The Kier molecular flexibility index (Phi) is 2.41. The summed E-state index contributed by atoms with van der Waals surface area (Å²) in [6.45, 7) is 0.832. The van der Waals surface area contributed by atoms with Crippen LogP contribution in [0.1, 0.15) is 25.7 Å². The van der Waals surface area contributed by atoms with Crippen LogP contribution >= 0.6 is 27.5 Å². The molecule has 1 heterocycles. The molecule has 4 fully saturated rings. The molecule has 0 N–H and O–H groups in total. The van der Waals surface area contributed by atoms with Crippen molar-refractivity contribution >= 4 is 27.5 Å².